The second kappa shape index (κ2) is 13.1. The number of oxime groups is 1. The molecule has 4 rings (SSSR count). The SMILES string of the molecule is C\C=C/C=C\C(=C/C)CSc1sc(C(=O)N2CCOCC2)c2c1/C(=N/O)CC(c1ccc(OC)cc1)C2. The number of morpholine rings is 1. The Hall–Kier alpha value is -2.81. The first kappa shape index (κ1) is 27.2. The van der Waals surface area contributed by atoms with E-state index >= 15 is 0 Å². The van der Waals surface area contributed by atoms with Crippen molar-refractivity contribution in [2.75, 3.05) is 39.2 Å². The molecule has 2 aliphatic rings. The standard InChI is InChI=1S/C29H34N2O4S2/c1-4-6-7-8-20(5-2)19-36-29-26-24(27(37-29)28(32)31-13-15-35-16-14-31)17-22(18-25(26)30-33)21-9-11-23(34-3)12-10-21/h4-12,22,33H,13-19H2,1-3H3/b6-4-,8-7-,20-5+,30-25+. The maximum Gasteiger partial charge on any atom is 0.264 e. The van der Waals surface area contributed by atoms with Crippen LogP contribution in [0, 0.1) is 0 Å². The fourth-order valence-electron chi connectivity index (χ4n) is 4.64. The van der Waals surface area contributed by atoms with Crippen LogP contribution < -0.4 is 4.74 Å². The van der Waals surface area contributed by atoms with Crippen molar-refractivity contribution in [3.8, 4) is 5.75 Å². The summed E-state index contributed by atoms with van der Waals surface area (Å²) >= 11 is 3.24. The Labute approximate surface area is 227 Å². The number of carbonyl (C=O) groups is 1. The highest BCUT2D eigenvalue weighted by Crippen LogP contribution is 2.45. The van der Waals surface area contributed by atoms with E-state index < -0.39 is 0 Å². The molecule has 8 heteroatoms. The highest BCUT2D eigenvalue weighted by molar-refractivity contribution is 8.01. The van der Waals surface area contributed by atoms with Gasteiger partial charge in [0.2, 0.25) is 0 Å². The van der Waals surface area contributed by atoms with Gasteiger partial charge in [-0.25, -0.2) is 0 Å². The first-order valence-electron chi connectivity index (χ1n) is 12.5. The van der Waals surface area contributed by atoms with Crippen LogP contribution in [0.3, 0.4) is 0 Å². The van der Waals surface area contributed by atoms with Gasteiger partial charge in [-0.3, -0.25) is 4.79 Å². The van der Waals surface area contributed by atoms with Crippen LogP contribution in [-0.4, -0.2) is 60.9 Å². The van der Waals surface area contributed by atoms with Gasteiger partial charge in [0.1, 0.15) is 5.75 Å². The number of rotatable bonds is 8. The summed E-state index contributed by atoms with van der Waals surface area (Å²) < 4.78 is 11.8. The first-order valence-corrected chi connectivity index (χ1v) is 14.3. The summed E-state index contributed by atoms with van der Waals surface area (Å²) in [5.74, 6) is 1.73. The average molecular weight is 539 g/mol. The number of amides is 1. The molecule has 1 amide bonds. The Morgan fingerprint density at radius 1 is 1.22 bits per heavy atom. The smallest absolute Gasteiger partial charge is 0.264 e. The molecule has 1 atom stereocenters. The molecule has 1 aromatic carbocycles. The lowest BCUT2D eigenvalue weighted by Gasteiger charge is -2.28. The molecule has 1 unspecified atom stereocenters. The molecule has 1 saturated heterocycles. The van der Waals surface area contributed by atoms with Crippen LogP contribution in [0.5, 0.6) is 5.75 Å². The van der Waals surface area contributed by atoms with Crippen molar-refractivity contribution in [3.63, 3.8) is 0 Å². The third kappa shape index (κ3) is 6.37. The van der Waals surface area contributed by atoms with E-state index in [2.05, 4.69) is 29.4 Å². The molecule has 2 heterocycles. The summed E-state index contributed by atoms with van der Waals surface area (Å²) in [4.78, 5) is 16.3. The molecule has 196 valence electrons. The summed E-state index contributed by atoms with van der Waals surface area (Å²) in [5, 5.41) is 13.8. The monoisotopic (exact) mass is 538 g/mol. The Morgan fingerprint density at radius 2 is 1.97 bits per heavy atom. The largest absolute Gasteiger partial charge is 0.497 e. The molecular weight excluding hydrogens is 504 g/mol. The fourth-order valence-corrected chi connectivity index (χ4v) is 7.30. The van der Waals surface area contributed by atoms with Crippen LogP contribution in [0.4, 0.5) is 0 Å². The van der Waals surface area contributed by atoms with Crippen molar-refractivity contribution in [2.45, 2.75) is 36.8 Å². The Balaban J connectivity index is 1.70. The number of ether oxygens (including phenoxy) is 2. The molecule has 1 fully saturated rings. The number of benzene rings is 1. The van der Waals surface area contributed by atoms with Crippen LogP contribution in [0.1, 0.15) is 52.5 Å². The third-order valence-corrected chi connectivity index (χ3v) is 9.27. The number of hydrogen-bond acceptors (Lipinski definition) is 7. The molecule has 0 radical (unpaired) electrons. The minimum Gasteiger partial charge on any atom is -0.497 e. The Kier molecular flexibility index (Phi) is 9.66. The molecule has 1 aliphatic heterocycles. The van der Waals surface area contributed by atoms with E-state index in [4.69, 9.17) is 9.47 Å². The molecule has 37 heavy (non-hydrogen) atoms. The summed E-state index contributed by atoms with van der Waals surface area (Å²) in [7, 11) is 1.65. The van der Waals surface area contributed by atoms with Gasteiger partial charge in [0.05, 0.1) is 35.1 Å². The molecule has 2 aromatic rings. The molecule has 6 nitrogen and oxygen atoms in total. The van der Waals surface area contributed by atoms with Gasteiger partial charge < -0.3 is 19.6 Å². The van der Waals surface area contributed by atoms with Crippen LogP contribution >= 0.6 is 23.1 Å². The van der Waals surface area contributed by atoms with E-state index in [1.165, 1.54) is 16.9 Å². The van der Waals surface area contributed by atoms with Gasteiger partial charge in [-0.15, -0.1) is 23.1 Å². The van der Waals surface area contributed by atoms with Gasteiger partial charge in [-0.05, 0) is 55.0 Å². The topological polar surface area (TPSA) is 71.4 Å². The third-order valence-electron chi connectivity index (χ3n) is 6.71. The quantitative estimate of drug-likeness (QED) is 0.185. The average Bonchev–Trinajstić information content (AvgIpc) is 3.33. The van der Waals surface area contributed by atoms with Gasteiger partial charge in [0.25, 0.3) is 5.91 Å². The molecule has 0 bridgehead atoms. The van der Waals surface area contributed by atoms with E-state index in [0.29, 0.717) is 38.4 Å². The lowest BCUT2D eigenvalue weighted by molar-refractivity contribution is 0.0305. The van der Waals surface area contributed by atoms with Gasteiger partial charge in [0, 0.05) is 30.8 Å². The molecule has 1 aromatic heterocycles. The number of carbonyl (C=O) groups excluding carboxylic acids is 1. The van der Waals surface area contributed by atoms with Crippen molar-refractivity contribution in [1.82, 2.24) is 4.90 Å². The van der Waals surface area contributed by atoms with Crippen molar-refractivity contribution >= 4 is 34.7 Å². The molecular formula is C29H34N2O4S2. The van der Waals surface area contributed by atoms with E-state index in [-0.39, 0.29) is 11.8 Å². The summed E-state index contributed by atoms with van der Waals surface area (Å²) in [6, 6.07) is 8.03. The number of fused-ring (bicyclic) bond motifs is 1. The molecule has 1 aliphatic carbocycles. The summed E-state index contributed by atoms with van der Waals surface area (Å²) in [6.45, 7) is 6.33. The van der Waals surface area contributed by atoms with E-state index in [1.807, 2.05) is 49.1 Å². The van der Waals surface area contributed by atoms with Crippen molar-refractivity contribution in [3.05, 3.63) is 81.8 Å². The normalized spacial score (nSPS) is 19.6. The van der Waals surface area contributed by atoms with Crippen LogP contribution in [0.2, 0.25) is 0 Å². The van der Waals surface area contributed by atoms with Crippen LogP contribution in [0.15, 0.2) is 69.6 Å². The van der Waals surface area contributed by atoms with Gasteiger partial charge in [-0.2, -0.15) is 0 Å². The number of thiophene rings is 1. The maximum absolute atomic E-state index is 13.7. The number of allylic oxidation sites excluding steroid dienone is 5. The van der Waals surface area contributed by atoms with E-state index in [0.717, 1.165) is 43.7 Å². The number of methoxy groups -OCH3 is 1. The van der Waals surface area contributed by atoms with Gasteiger partial charge >= 0.3 is 0 Å². The zero-order valence-electron chi connectivity index (χ0n) is 21.6. The van der Waals surface area contributed by atoms with Crippen LogP contribution in [0.25, 0.3) is 0 Å². The van der Waals surface area contributed by atoms with Crippen molar-refractivity contribution < 1.29 is 19.5 Å². The zero-order valence-corrected chi connectivity index (χ0v) is 23.2. The first-order chi connectivity index (χ1) is 18.1. The second-order valence-electron chi connectivity index (χ2n) is 8.94. The fraction of sp³-hybridized carbons (Fsp3) is 0.379. The van der Waals surface area contributed by atoms with Crippen molar-refractivity contribution in [1.29, 1.82) is 0 Å². The van der Waals surface area contributed by atoms with E-state index in [9.17, 15) is 10.0 Å². The summed E-state index contributed by atoms with van der Waals surface area (Å²) in [5.41, 5.74) is 4.92. The zero-order chi connectivity index (χ0) is 26.2. The second-order valence-corrected chi connectivity index (χ2v) is 11.2. The highest BCUT2D eigenvalue weighted by atomic mass is 32.2. The summed E-state index contributed by atoms with van der Waals surface area (Å²) in [6.07, 6.45) is 11.6. The van der Waals surface area contributed by atoms with E-state index in [1.54, 1.807) is 18.9 Å². The molecule has 0 spiro atoms. The lowest BCUT2D eigenvalue weighted by atomic mass is 9.79. The molecule has 1 N–H and O–H groups in total. The van der Waals surface area contributed by atoms with Crippen LogP contribution in [-0.2, 0) is 11.2 Å². The lowest BCUT2D eigenvalue weighted by Crippen LogP contribution is -2.40. The minimum absolute atomic E-state index is 0.0447. The van der Waals surface area contributed by atoms with Gasteiger partial charge in [0.15, 0.2) is 0 Å². The number of thioether (sulfide) groups is 1. The maximum atomic E-state index is 13.7. The predicted molar refractivity (Wildman–Crippen MR) is 152 cm³/mol. The highest BCUT2D eigenvalue weighted by Gasteiger charge is 2.35. The Bertz CT molecular complexity index is 1210. The predicted octanol–water partition coefficient (Wildman–Crippen LogP) is 6.31. The molecule has 0 saturated carbocycles. The van der Waals surface area contributed by atoms with Crippen molar-refractivity contribution in [2.24, 2.45) is 5.16 Å². The minimum atomic E-state index is 0.0447. The van der Waals surface area contributed by atoms with Gasteiger partial charge in [-0.1, -0.05) is 47.7 Å². The number of nitrogens with zero attached hydrogens (tertiary/aromatic N) is 2. The Morgan fingerprint density at radius 3 is 2.62 bits per heavy atom. The number of hydrogen-bond donors (Lipinski definition) is 1.